The molecule has 0 aliphatic rings. The first-order valence-corrected chi connectivity index (χ1v) is 13.4. The molecule has 4 aromatic rings. The number of rotatable bonds is 11. The van der Waals surface area contributed by atoms with Gasteiger partial charge in [-0.25, -0.2) is 8.42 Å². The number of hydrogen-bond donors (Lipinski definition) is 4. The van der Waals surface area contributed by atoms with Gasteiger partial charge in [0.2, 0.25) is 10.0 Å². The number of nitrogens with one attached hydrogen (secondary N) is 3. The van der Waals surface area contributed by atoms with Gasteiger partial charge in [-0.05, 0) is 61.3 Å². The minimum Gasteiger partial charge on any atom is -0.480 e. The molecule has 1 atom stereocenters. The predicted molar refractivity (Wildman–Crippen MR) is 143 cm³/mol. The van der Waals surface area contributed by atoms with Gasteiger partial charge in [-0.1, -0.05) is 48.5 Å². The number of aliphatic carboxylic acids is 1. The SMILES string of the molecule is O=C(O)C(CCCCNC(=S)NCc1ccccc1)NS(=O)(=O)c1ccc2oc3ccccc3c2c1. The van der Waals surface area contributed by atoms with Gasteiger partial charge in [-0.15, -0.1) is 0 Å². The van der Waals surface area contributed by atoms with Gasteiger partial charge in [0, 0.05) is 23.9 Å². The highest BCUT2D eigenvalue weighted by Crippen LogP contribution is 2.30. The van der Waals surface area contributed by atoms with Gasteiger partial charge < -0.3 is 20.2 Å². The fourth-order valence-electron chi connectivity index (χ4n) is 3.88. The summed E-state index contributed by atoms with van der Waals surface area (Å²) in [6, 6.07) is 20.5. The maximum Gasteiger partial charge on any atom is 0.321 e. The maximum atomic E-state index is 13.0. The highest BCUT2D eigenvalue weighted by molar-refractivity contribution is 7.89. The topological polar surface area (TPSA) is 121 Å². The first kappa shape index (κ1) is 25.6. The van der Waals surface area contributed by atoms with Crippen molar-refractivity contribution in [3.8, 4) is 0 Å². The van der Waals surface area contributed by atoms with E-state index in [4.69, 9.17) is 16.6 Å². The van der Waals surface area contributed by atoms with Crippen LogP contribution in [0, 0.1) is 0 Å². The number of carboxylic acid groups (broad SMARTS) is 1. The summed E-state index contributed by atoms with van der Waals surface area (Å²) in [4.78, 5) is 11.7. The molecule has 1 aromatic heterocycles. The van der Waals surface area contributed by atoms with Crippen LogP contribution < -0.4 is 15.4 Å². The number of furan rings is 1. The lowest BCUT2D eigenvalue weighted by Crippen LogP contribution is -2.40. The van der Waals surface area contributed by atoms with Crippen molar-refractivity contribution < 1.29 is 22.7 Å². The summed E-state index contributed by atoms with van der Waals surface area (Å²) < 4.78 is 34.0. The second-order valence-corrected chi connectivity index (χ2v) is 10.5. The molecule has 4 N–H and O–H groups in total. The van der Waals surface area contributed by atoms with Crippen LogP contribution in [0.3, 0.4) is 0 Å². The molecule has 0 aliphatic heterocycles. The molecule has 0 spiro atoms. The van der Waals surface area contributed by atoms with Crippen molar-refractivity contribution >= 4 is 55.3 Å². The first-order chi connectivity index (χ1) is 17.3. The van der Waals surface area contributed by atoms with Gasteiger partial charge in [-0.3, -0.25) is 4.79 Å². The fourth-order valence-corrected chi connectivity index (χ4v) is 5.30. The monoisotopic (exact) mass is 525 g/mol. The van der Waals surface area contributed by atoms with Crippen LogP contribution in [0.4, 0.5) is 0 Å². The number of para-hydroxylation sites is 1. The Balaban J connectivity index is 1.29. The zero-order valence-electron chi connectivity index (χ0n) is 19.4. The van der Waals surface area contributed by atoms with E-state index in [0.29, 0.717) is 47.6 Å². The van der Waals surface area contributed by atoms with Crippen molar-refractivity contribution in [2.24, 2.45) is 0 Å². The Morgan fingerprint density at radius 2 is 1.64 bits per heavy atom. The lowest BCUT2D eigenvalue weighted by molar-refractivity contribution is -0.139. The smallest absolute Gasteiger partial charge is 0.321 e. The quantitative estimate of drug-likeness (QED) is 0.170. The highest BCUT2D eigenvalue weighted by atomic mass is 32.2. The molecule has 1 unspecified atom stereocenters. The van der Waals surface area contributed by atoms with Crippen LogP contribution in [0.2, 0.25) is 0 Å². The summed E-state index contributed by atoms with van der Waals surface area (Å²) in [5.74, 6) is -1.22. The van der Waals surface area contributed by atoms with Gasteiger partial charge in [0.1, 0.15) is 17.2 Å². The highest BCUT2D eigenvalue weighted by Gasteiger charge is 2.25. The van der Waals surface area contributed by atoms with Crippen LogP contribution in [-0.4, -0.2) is 37.2 Å². The molecule has 36 heavy (non-hydrogen) atoms. The molecule has 0 amide bonds. The summed E-state index contributed by atoms with van der Waals surface area (Å²) in [7, 11) is -4.05. The van der Waals surface area contributed by atoms with E-state index in [1.807, 2.05) is 54.6 Å². The Kier molecular flexibility index (Phi) is 8.19. The number of benzene rings is 3. The van der Waals surface area contributed by atoms with E-state index in [1.54, 1.807) is 6.07 Å². The Morgan fingerprint density at radius 1 is 0.917 bits per heavy atom. The third-order valence-electron chi connectivity index (χ3n) is 5.76. The van der Waals surface area contributed by atoms with Crippen LogP contribution in [0.25, 0.3) is 21.9 Å². The number of carboxylic acids is 1. The van der Waals surface area contributed by atoms with E-state index in [2.05, 4.69) is 15.4 Å². The Labute approximate surface area is 214 Å². The van der Waals surface area contributed by atoms with E-state index in [1.165, 1.54) is 12.1 Å². The predicted octanol–water partition coefficient (Wildman–Crippen LogP) is 4.15. The number of fused-ring (bicyclic) bond motifs is 3. The summed E-state index contributed by atoms with van der Waals surface area (Å²) >= 11 is 5.26. The van der Waals surface area contributed by atoms with Crippen molar-refractivity contribution in [2.75, 3.05) is 6.54 Å². The third-order valence-corrected chi connectivity index (χ3v) is 7.51. The van der Waals surface area contributed by atoms with E-state index in [0.717, 1.165) is 10.9 Å². The molecule has 0 bridgehead atoms. The molecular weight excluding hydrogens is 498 g/mol. The zero-order chi connectivity index (χ0) is 25.5. The normalized spacial score (nSPS) is 12.4. The van der Waals surface area contributed by atoms with E-state index in [9.17, 15) is 18.3 Å². The number of unbranched alkanes of at least 4 members (excludes halogenated alkanes) is 1. The minimum absolute atomic E-state index is 0.00990. The molecule has 10 heteroatoms. The lowest BCUT2D eigenvalue weighted by atomic mass is 10.1. The summed E-state index contributed by atoms with van der Waals surface area (Å²) in [6.07, 6.45) is 1.28. The van der Waals surface area contributed by atoms with E-state index < -0.39 is 22.0 Å². The van der Waals surface area contributed by atoms with Gasteiger partial charge in [-0.2, -0.15) is 4.72 Å². The van der Waals surface area contributed by atoms with Crippen LogP contribution in [-0.2, 0) is 21.4 Å². The Bertz CT molecular complexity index is 1470. The molecule has 0 aliphatic carbocycles. The molecule has 4 rings (SSSR count). The van der Waals surface area contributed by atoms with Crippen molar-refractivity contribution in [3.05, 3.63) is 78.4 Å². The largest absolute Gasteiger partial charge is 0.480 e. The zero-order valence-corrected chi connectivity index (χ0v) is 21.1. The van der Waals surface area contributed by atoms with Crippen molar-refractivity contribution in [2.45, 2.75) is 36.7 Å². The molecule has 0 saturated heterocycles. The summed E-state index contributed by atoms with van der Waals surface area (Å²) in [5.41, 5.74) is 2.33. The second-order valence-electron chi connectivity index (χ2n) is 8.36. The Morgan fingerprint density at radius 3 is 2.42 bits per heavy atom. The molecule has 0 radical (unpaired) electrons. The van der Waals surface area contributed by atoms with Crippen molar-refractivity contribution in [1.29, 1.82) is 0 Å². The molecule has 0 fully saturated rings. The maximum absolute atomic E-state index is 13.0. The van der Waals surface area contributed by atoms with Crippen LogP contribution in [0.1, 0.15) is 24.8 Å². The van der Waals surface area contributed by atoms with Gasteiger partial charge in [0.25, 0.3) is 0 Å². The van der Waals surface area contributed by atoms with Crippen LogP contribution in [0.15, 0.2) is 82.1 Å². The Hall–Kier alpha value is -3.47. The van der Waals surface area contributed by atoms with E-state index >= 15 is 0 Å². The lowest BCUT2D eigenvalue weighted by Gasteiger charge is -2.15. The second kappa shape index (κ2) is 11.5. The number of carbonyl (C=O) groups is 1. The molecule has 188 valence electrons. The number of sulfonamides is 1. The summed E-state index contributed by atoms with van der Waals surface area (Å²) in [5, 5.41) is 17.8. The fraction of sp³-hybridized carbons (Fsp3) is 0.231. The van der Waals surface area contributed by atoms with Crippen LogP contribution >= 0.6 is 12.2 Å². The van der Waals surface area contributed by atoms with Gasteiger partial charge in [0.15, 0.2) is 5.11 Å². The molecular formula is C26H27N3O5S2. The molecule has 0 saturated carbocycles. The third kappa shape index (κ3) is 6.39. The first-order valence-electron chi connectivity index (χ1n) is 11.6. The molecule has 1 heterocycles. The van der Waals surface area contributed by atoms with Crippen LogP contribution in [0.5, 0.6) is 0 Å². The standard InChI is InChI=1S/C26H27N3O5S2/c30-25(31)22(11-6-7-15-27-26(35)28-17-18-8-2-1-3-9-18)29-36(32,33)19-13-14-24-21(16-19)20-10-4-5-12-23(20)34-24/h1-5,8-10,12-14,16,22,29H,6-7,11,15,17H2,(H,30,31)(H2,27,28,35). The van der Waals surface area contributed by atoms with Gasteiger partial charge >= 0.3 is 5.97 Å². The van der Waals surface area contributed by atoms with E-state index in [-0.39, 0.29) is 11.3 Å². The molecule has 8 nitrogen and oxygen atoms in total. The van der Waals surface area contributed by atoms with Crippen molar-refractivity contribution in [3.63, 3.8) is 0 Å². The minimum atomic E-state index is -4.05. The van der Waals surface area contributed by atoms with Crippen molar-refractivity contribution in [1.82, 2.24) is 15.4 Å². The number of thiocarbonyl (C=S) groups is 1. The average molecular weight is 526 g/mol. The summed E-state index contributed by atoms with van der Waals surface area (Å²) in [6.45, 7) is 1.15. The number of hydrogen-bond acceptors (Lipinski definition) is 5. The molecule has 3 aromatic carbocycles. The van der Waals surface area contributed by atoms with Gasteiger partial charge in [0.05, 0.1) is 4.90 Å². The average Bonchev–Trinajstić information content (AvgIpc) is 3.25.